The van der Waals surface area contributed by atoms with Gasteiger partial charge in [0.05, 0.1) is 10.8 Å². The molecule has 2 aromatic rings. The molecule has 1 unspecified atom stereocenters. The number of imide groups is 1. The van der Waals surface area contributed by atoms with Crippen LogP contribution >= 0.6 is 23.1 Å². The van der Waals surface area contributed by atoms with Gasteiger partial charge in [-0.15, -0.1) is 11.3 Å². The molecule has 2 aromatic heterocycles. The van der Waals surface area contributed by atoms with E-state index < -0.39 is 17.2 Å². The van der Waals surface area contributed by atoms with Crippen LogP contribution in [0, 0.1) is 0 Å². The molecule has 1 fully saturated rings. The van der Waals surface area contributed by atoms with Crippen molar-refractivity contribution in [1.29, 1.82) is 0 Å². The SMILES string of the molecule is CC(Sc1nc2ccsc2c(=O)n1C)C(=O)NC(=O)NC1CC1. The number of thioether (sulfide) groups is 1. The van der Waals surface area contributed by atoms with Gasteiger partial charge in [-0.2, -0.15) is 0 Å². The fraction of sp³-hybridized carbons (Fsp3) is 0.429. The maximum Gasteiger partial charge on any atom is 0.321 e. The van der Waals surface area contributed by atoms with Gasteiger partial charge in [0.25, 0.3) is 5.56 Å². The van der Waals surface area contributed by atoms with Crippen molar-refractivity contribution in [1.82, 2.24) is 20.2 Å². The largest absolute Gasteiger partial charge is 0.335 e. The molecule has 2 heterocycles. The first-order valence-electron chi connectivity index (χ1n) is 7.18. The topological polar surface area (TPSA) is 93.1 Å². The predicted octanol–water partition coefficient (Wildman–Crippen LogP) is 1.46. The Labute approximate surface area is 140 Å². The number of aromatic nitrogens is 2. The fourth-order valence-corrected chi connectivity index (χ4v) is 3.63. The van der Waals surface area contributed by atoms with E-state index in [4.69, 9.17) is 0 Å². The summed E-state index contributed by atoms with van der Waals surface area (Å²) in [6.07, 6.45) is 1.91. The van der Waals surface area contributed by atoms with Gasteiger partial charge in [-0.05, 0) is 31.2 Å². The second kappa shape index (κ2) is 6.32. The number of fused-ring (bicyclic) bond motifs is 1. The lowest BCUT2D eigenvalue weighted by Crippen LogP contribution is -2.43. The van der Waals surface area contributed by atoms with Crippen molar-refractivity contribution in [3.05, 3.63) is 21.8 Å². The normalized spacial score (nSPS) is 15.4. The number of carbonyl (C=O) groups excluding carboxylic acids is 2. The quantitative estimate of drug-likeness (QED) is 0.642. The molecule has 0 spiro atoms. The summed E-state index contributed by atoms with van der Waals surface area (Å²) in [5.74, 6) is -0.409. The Bertz CT molecular complexity index is 825. The molecule has 122 valence electrons. The van der Waals surface area contributed by atoms with Gasteiger partial charge in [0, 0.05) is 13.1 Å². The third kappa shape index (κ3) is 3.56. The minimum Gasteiger partial charge on any atom is -0.335 e. The Morgan fingerprint density at radius 1 is 1.48 bits per heavy atom. The minimum absolute atomic E-state index is 0.133. The summed E-state index contributed by atoms with van der Waals surface area (Å²) in [5.41, 5.74) is 0.492. The van der Waals surface area contributed by atoms with Crippen LogP contribution in [0.4, 0.5) is 4.79 Å². The number of rotatable bonds is 4. The standard InChI is InChI=1S/C14H16N4O3S2/c1-7(11(19)17-13(21)15-8-3-4-8)23-14-16-9-5-6-22-10(9)12(20)18(14)2/h5-8H,3-4H2,1-2H3,(H2,15,17,19,21). The van der Waals surface area contributed by atoms with Crippen molar-refractivity contribution in [2.45, 2.75) is 36.2 Å². The van der Waals surface area contributed by atoms with Gasteiger partial charge < -0.3 is 5.32 Å². The first-order chi connectivity index (χ1) is 11.0. The molecular weight excluding hydrogens is 336 g/mol. The Morgan fingerprint density at radius 3 is 2.91 bits per heavy atom. The van der Waals surface area contributed by atoms with Gasteiger partial charge in [0.15, 0.2) is 5.16 Å². The molecule has 3 rings (SSSR count). The number of carbonyl (C=O) groups is 2. The first-order valence-corrected chi connectivity index (χ1v) is 8.94. The Morgan fingerprint density at radius 2 is 2.22 bits per heavy atom. The number of hydrogen-bond acceptors (Lipinski definition) is 6. The van der Waals surface area contributed by atoms with Gasteiger partial charge in [-0.1, -0.05) is 11.8 Å². The van der Waals surface area contributed by atoms with Crippen LogP contribution in [0.1, 0.15) is 19.8 Å². The van der Waals surface area contributed by atoms with Crippen LogP contribution < -0.4 is 16.2 Å². The van der Waals surface area contributed by atoms with E-state index >= 15 is 0 Å². The van der Waals surface area contributed by atoms with Crippen LogP contribution in [0.3, 0.4) is 0 Å². The van der Waals surface area contributed by atoms with E-state index in [2.05, 4.69) is 15.6 Å². The van der Waals surface area contributed by atoms with E-state index in [1.54, 1.807) is 20.0 Å². The average molecular weight is 352 g/mol. The third-order valence-electron chi connectivity index (χ3n) is 3.45. The zero-order valence-corrected chi connectivity index (χ0v) is 14.3. The Balaban J connectivity index is 1.70. The lowest BCUT2D eigenvalue weighted by molar-refractivity contribution is -0.119. The maximum atomic E-state index is 12.2. The van der Waals surface area contributed by atoms with Gasteiger partial charge in [0.1, 0.15) is 4.70 Å². The summed E-state index contributed by atoms with van der Waals surface area (Å²) in [6.45, 7) is 1.67. The van der Waals surface area contributed by atoms with Crippen molar-refractivity contribution in [2.24, 2.45) is 7.05 Å². The smallest absolute Gasteiger partial charge is 0.321 e. The van der Waals surface area contributed by atoms with E-state index in [0.29, 0.717) is 15.4 Å². The molecule has 0 saturated heterocycles. The number of nitrogens with zero attached hydrogens (tertiary/aromatic N) is 2. The highest BCUT2D eigenvalue weighted by molar-refractivity contribution is 8.00. The molecule has 0 bridgehead atoms. The van der Waals surface area contributed by atoms with Crippen molar-refractivity contribution < 1.29 is 9.59 Å². The molecule has 0 aromatic carbocycles. The van der Waals surface area contributed by atoms with Gasteiger partial charge in [0.2, 0.25) is 5.91 Å². The van der Waals surface area contributed by atoms with Crippen LogP contribution in [0.15, 0.2) is 21.4 Å². The third-order valence-corrected chi connectivity index (χ3v) is 5.48. The van der Waals surface area contributed by atoms with Gasteiger partial charge >= 0.3 is 6.03 Å². The lowest BCUT2D eigenvalue weighted by atomic mass is 10.4. The number of thiophene rings is 1. The number of urea groups is 1. The summed E-state index contributed by atoms with van der Waals surface area (Å²) in [4.78, 5) is 40.3. The van der Waals surface area contributed by atoms with Gasteiger partial charge in [-0.3, -0.25) is 19.5 Å². The molecule has 1 saturated carbocycles. The zero-order valence-electron chi connectivity index (χ0n) is 12.7. The Kier molecular flexibility index (Phi) is 4.40. The summed E-state index contributed by atoms with van der Waals surface area (Å²) < 4.78 is 2.02. The minimum atomic E-state index is -0.547. The molecular formula is C14H16N4O3S2. The summed E-state index contributed by atoms with van der Waals surface area (Å²) in [7, 11) is 1.63. The molecule has 0 radical (unpaired) electrons. The second-order valence-electron chi connectivity index (χ2n) is 5.39. The van der Waals surface area contributed by atoms with Crippen LogP contribution in [-0.2, 0) is 11.8 Å². The van der Waals surface area contributed by atoms with Crippen LogP contribution in [0.2, 0.25) is 0 Å². The van der Waals surface area contributed by atoms with E-state index in [-0.39, 0.29) is 11.6 Å². The number of amides is 3. The number of hydrogen-bond donors (Lipinski definition) is 2. The lowest BCUT2D eigenvalue weighted by Gasteiger charge is -2.13. The molecule has 1 atom stereocenters. The van der Waals surface area contributed by atoms with Gasteiger partial charge in [-0.25, -0.2) is 9.78 Å². The monoisotopic (exact) mass is 352 g/mol. The average Bonchev–Trinajstić information content (AvgIpc) is 3.18. The van der Waals surface area contributed by atoms with Crippen molar-refractivity contribution in [3.63, 3.8) is 0 Å². The summed E-state index contributed by atoms with van der Waals surface area (Å²) in [6, 6.07) is 1.49. The summed E-state index contributed by atoms with van der Waals surface area (Å²) >= 11 is 2.50. The molecule has 1 aliphatic rings. The van der Waals surface area contributed by atoms with Crippen LogP contribution in [-0.4, -0.2) is 32.8 Å². The molecule has 2 N–H and O–H groups in total. The highest BCUT2D eigenvalue weighted by atomic mass is 32.2. The van der Waals surface area contributed by atoms with E-state index in [1.165, 1.54) is 15.9 Å². The predicted molar refractivity (Wildman–Crippen MR) is 89.9 cm³/mol. The first kappa shape index (κ1) is 16.0. The van der Waals surface area contributed by atoms with E-state index in [9.17, 15) is 14.4 Å². The Hall–Kier alpha value is -1.87. The number of nitrogens with one attached hydrogen (secondary N) is 2. The van der Waals surface area contributed by atoms with Crippen LogP contribution in [0.25, 0.3) is 10.2 Å². The molecule has 9 heteroatoms. The highest BCUT2D eigenvalue weighted by Crippen LogP contribution is 2.23. The van der Waals surface area contributed by atoms with Crippen LogP contribution in [0.5, 0.6) is 0 Å². The highest BCUT2D eigenvalue weighted by Gasteiger charge is 2.25. The molecule has 7 nitrogen and oxygen atoms in total. The molecule has 23 heavy (non-hydrogen) atoms. The second-order valence-corrected chi connectivity index (χ2v) is 7.61. The fourth-order valence-electron chi connectivity index (χ4n) is 1.95. The molecule has 3 amide bonds. The molecule has 0 aliphatic heterocycles. The van der Waals surface area contributed by atoms with Crippen molar-refractivity contribution in [3.8, 4) is 0 Å². The maximum absolute atomic E-state index is 12.2. The van der Waals surface area contributed by atoms with E-state index in [1.807, 2.05) is 5.38 Å². The van der Waals surface area contributed by atoms with E-state index in [0.717, 1.165) is 24.6 Å². The van der Waals surface area contributed by atoms with Crippen molar-refractivity contribution >= 4 is 45.3 Å². The zero-order chi connectivity index (χ0) is 16.6. The van der Waals surface area contributed by atoms with Crippen molar-refractivity contribution in [2.75, 3.05) is 0 Å². The summed E-state index contributed by atoms with van der Waals surface area (Å²) in [5, 5.41) is 6.72. The molecule has 1 aliphatic carbocycles.